The lowest BCUT2D eigenvalue weighted by atomic mass is 10.2. The normalized spacial score (nSPS) is 10.0. The molecule has 0 aliphatic rings. The van der Waals surface area contributed by atoms with Gasteiger partial charge in [0.1, 0.15) is 11.5 Å². The van der Waals surface area contributed by atoms with Gasteiger partial charge >= 0.3 is 0 Å². The predicted octanol–water partition coefficient (Wildman–Crippen LogP) is 2.02. The van der Waals surface area contributed by atoms with E-state index in [1.165, 1.54) is 6.20 Å². The van der Waals surface area contributed by atoms with Crippen molar-refractivity contribution in [2.24, 2.45) is 0 Å². The summed E-state index contributed by atoms with van der Waals surface area (Å²) in [4.78, 5) is 16.0. The van der Waals surface area contributed by atoms with Crippen LogP contribution in [0.1, 0.15) is 27.6 Å². The standard InChI is InChI=1S/C15H15N3O2/c1-11-2-3-14(20-11)6-9-18-15(19)12-5-8-17-13(10-12)4-7-16/h2-3,5,8,10H,4,6,9H2,1H3,(H,18,19). The summed E-state index contributed by atoms with van der Waals surface area (Å²) in [6.07, 6.45) is 2.39. The highest BCUT2D eigenvalue weighted by Gasteiger charge is 2.07. The van der Waals surface area contributed by atoms with Gasteiger partial charge in [-0.3, -0.25) is 9.78 Å². The fraction of sp³-hybridized carbons (Fsp3) is 0.267. The summed E-state index contributed by atoms with van der Waals surface area (Å²) in [5.41, 5.74) is 1.11. The van der Waals surface area contributed by atoms with Crippen LogP contribution in [0.4, 0.5) is 0 Å². The summed E-state index contributed by atoms with van der Waals surface area (Å²) < 4.78 is 5.42. The molecule has 1 amide bonds. The molecule has 0 aromatic carbocycles. The molecule has 0 radical (unpaired) electrons. The number of carbonyl (C=O) groups is 1. The van der Waals surface area contributed by atoms with Gasteiger partial charge in [0.15, 0.2) is 0 Å². The highest BCUT2D eigenvalue weighted by molar-refractivity contribution is 5.94. The van der Waals surface area contributed by atoms with E-state index in [0.717, 1.165) is 11.5 Å². The molecule has 5 nitrogen and oxygen atoms in total. The number of nitriles is 1. The maximum Gasteiger partial charge on any atom is 0.251 e. The lowest BCUT2D eigenvalue weighted by Crippen LogP contribution is -2.25. The van der Waals surface area contributed by atoms with E-state index in [2.05, 4.69) is 10.3 Å². The number of amides is 1. The molecule has 0 saturated carbocycles. The average Bonchev–Trinajstić information content (AvgIpc) is 2.85. The van der Waals surface area contributed by atoms with Crippen LogP contribution in [-0.2, 0) is 12.8 Å². The molecule has 0 fully saturated rings. The number of rotatable bonds is 5. The van der Waals surface area contributed by atoms with Gasteiger partial charge in [-0.25, -0.2) is 0 Å². The maximum absolute atomic E-state index is 11.9. The molecule has 1 N–H and O–H groups in total. The van der Waals surface area contributed by atoms with E-state index in [1.807, 2.05) is 25.1 Å². The summed E-state index contributed by atoms with van der Waals surface area (Å²) in [6.45, 7) is 2.39. The van der Waals surface area contributed by atoms with E-state index in [-0.39, 0.29) is 12.3 Å². The Labute approximate surface area is 117 Å². The molecule has 2 heterocycles. The minimum absolute atomic E-state index is 0.171. The predicted molar refractivity (Wildman–Crippen MR) is 73.0 cm³/mol. The van der Waals surface area contributed by atoms with E-state index < -0.39 is 0 Å². The molecule has 0 aliphatic heterocycles. The van der Waals surface area contributed by atoms with E-state index in [9.17, 15) is 4.79 Å². The fourth-order valence-corrected chi connectivity index (χ4v) is 1.82. The van der Waals surface area contributed by atoms with E-state index in [4.69, 9.17) is 9.68 Å². The number of carbonyl (C=O) groups excluding carboxylic acids is 1. The van der Waals surface area contributed by atoms with Crippen LogP contribution in [0.3, 0.4) is 0 Å². The van der Waals surface area contributed by atoms with Crippen molar-refractivity contribution in [2.45, 2.75) is 19.8 Å². The summed E-state index contributed by atoms with van der Waals surface area (Å²) >= 11 is 0. The Kier molecular flexibility index (Phi) is 4.51. The minimum Gasteiger partial charge on any atom is -0.466 e. The minimum atomic E-state index is -0.171. The Hall–Kier alpha value is -2.61. The smallest absolute Gasteiger partial charge is 0.251 e. The quantitative estimate of drug-likeness (QED) is 0.900. The average molecular weight is 269 g/mol. The third-order valence-electron chi connectivity index (χ3n) is 2.79. The summed E-state index contributed by atoms with van der Waals surface area (Å²) in [5.74, 6) is 1.54. The molecular formula is C15H15N3O2. The Bertz CT molecular complexity index is 641. The van der Waals surface area contributed by atoms with Crippen molar-refractivity contribution in [3.63, 3.8) is 0 Å². The number of aromatic nitrogens is 1. The molecule has 5 heteroatoms. The zero-order valence-electron chi connectivity index (χ0n) is 11.2. The summed E-state index contributed by atoms with van der Waals surface area (Å²) in [6, 6.07) is 9.08. The van der Waals surface area contributed by atoms with Crippen molar-refractivity contribution in [3.05, 3.63) is 53.2 Å². The first-order valence-electron chi connectivity index (χ1n) is 6.34. The van der Waals surface area contributed by atoms with Crippen LogP contribution < -0.4 is 5.32 Å². The second-order valence-corrected chi connectivity index (χ2v) is 4.39. The molecule has 0 aliphatic carbocycles. The largest absolute Gasteiger partial charge is 0.466 e. The first-order chi connectivity index (χ1) is 9.69. The van der Waals surface area contributed by atoms with Crippen LogP contribution in [0.5, 0.6) is 0 Å². The lowest BCUT2D eigenvalue weighted by Gasteiger charge is -2.04. The van der Waals surface area contributed by atoms with Crippen LogP contribution in [0.2, 0.25) is 0 Å². The van der Waals surface area contributed by atoms with E-state index >= 15 is 0 Å². The van der Waals surface area contributed by atoms with Crippen LogP contribution in [0.25, 0.3) is 0 Å². The van der Waals surface area contributed by atoms with Gasteiger partial charge in [-0.1, -0.05) is 0 Å². The van der Waals surface area contributed by atoms with Crippen LogP contribution in [-0.4, -0.2) is 17.4 Å². The second kappa shape index (κ2) is 6.53. The third kappa shape index (κ3) is 3.69. The molecular weight excluding hydrogens is 254 g/mol. The van der Waals surface area contributed by atoms with Gasteiger partial charge < -0.3 is 9.73 Å². The molecule has 0 bridgehead atoms. The first kappa shape index (κ1) is 13.8. The van der Waals surface area contributed by atoms with E-state index in [0.29, 0.717) is 24.2 Å². The Morgan fingerprint density at radius 3 is 3.00 bits per heavy atom. The monoisotopic (exact) mass is 269 g/mol. The van der Waals surface area contributed by atoms with Gasteiger partial charge in [0.25, 0.3) is 5.91 Å². The zero-order chi connectivity index (χ0) is 14.4. The van der Waals surface area contributed by atoms with Crippen molar-refractivity contribution in [1.82, 2.24) is 10.3 Å². The molecule has 0 spiro atoms. The van der Waals surface area contributed by atoms with Crippen molar-refractivity contribution < 1.29 is 9.21 Å². The second-order valence-electron chi connectivity index (χ2n) is 4.39. The van der Waals surface area contributed by atoms with E-state index in [1.54, 1.807) is 12.1 Å². The van der Waals surface area contributed by atoms with Crippen LogP contribution >= 0.6 is 0 Å². The van der Waals surface area contributed by atoms with Crippen molar-refractivity contribution >= 4 is 5.91 Å². The Balaban J connectivity index is 1.88. The number of nitrogens with zero attached hydrogens (tertiary/aromatic N) is 2. The molecule has 2 aromatic heterocycles. The van der Waals surface area contributed by atoms with Crippen LogP contribution in [0, 0.1) is 18.3 Å². The third-order valence-corrected chi connectivity index (χ3v) is 2.79. The molecule has 0 atom stereocenters. The zero-order valence-corrected chi connectivity index (χ0v) is 11.2. The molecule has 0 unspecified atom stereocenters. The van der Waals surface area contributed by atoms with Crippen molar-refractivity contribution in [3.8, 4) is 6.07 Å². The molecule has 2 rings (SSSR count). The van der Waals surface area contributed by atoms with Gasteiger partial charge in [-0.2, -0.15) is 5.26 Å². The number of hydrogen-bond acceptors (Lipinski definition) is 4. The highest BCUT2D eigenvalue weighted by atomic mass is 16.3. The summed E-state index contributed by atoms with van der Waals surface area (Å²) in [7, 11) is 0. The fourth-order valence-electron chi connectivity index (χ4n) is 1.82. The van der Waals surface area contributed by atoms with Gasteiger partial charge in [0.05, 0.1) is 18.2 Å². The number of hydrogen-bond donors (Lipinski definition) is 1. The van der Waals surface area contributed by atoms with Crippen molar-refractivity contribution in [1.29, 1.82) is 5.26 Å². The Morgan fingerprint density at radius 2 is 2.30 bits per heavy atom. The maximum atomic E-state index is 11.9. The van der Waals surface area contributed by atoms with Gasteiger partial charge in [0.2, 0.25) is 0 Å². The number of aryl methyl sites for hydroxylation is 1. The number of pyridine rings is 1. The molecule has 0 saturated heterocycles. The van der Waals surface area contributed by atoms with Gasteiger partial charge in [0, 0.05) is 24.7 Å². The van der Waals surface area contributed by atoms with Gasteiger partial charge in [-0.15, -0.1) is 0 Å². The summed E-state index contributed by atoms with van der Waals surface area (Å²) in [5, 5.41) is 11.4. The first-order valence-corrected chi connectivity index (χ1v) is 6.34. The van der Waals surface area contributed by atoms with Crippen LogP contribution in [0.15, 0.2) is 34.9 Å². The SMILES string of the molecule is Cc1ccc(CCNC(=O)c2ccnc(CC#N)c2)o1. The molecule has 20 heavy (non-hydrogen) atoms. The van der Waals surface area contributed by atoms with Gasteiger partial charge in [-0.05, 0) is 31.2 Å². The number of furan rings is 1. The lowest BCUT2D eigenvalue weighted by molar-refractivity contribution is 0.0953. The topological polar surface area (TPSA) is 78.9 Å². The molecule has 102 valence electrons. The molecule has 2 aromatic rings. The Morgan fingerprint density at radius 1 is 1.45 bits per heavy atom. The highest BCUT2D eigenvalue weighted by Crippen LogP contribution is 2.06. The van der Waals surface area contributed by atoms with Crippen molar-refractivity contribution in [2.75, 3.05) is 6.54 Å². The number of nitrogens with one attached hydrogen (secondary N) is 1.